The maximum atomic E-state index is 11.6. The second kappa shape index (κ2) is 6.67. The van der Waals surface area contributed by atoms with Crippen molar-refractivity contribution in [1.82, 2.24) is 4.90 Å². The van der Waals surface area contributed by atoms with Gasteiger partial charge in [0.2, 0.25) is 0 Å². The van der Waals surface area contributed by atoms with E-state index in [0.717, 1.165) is 13.0 Å². The lowest BCUT2D eigenvalue weighted by atomic mass is 10.0. The summed E-state index contributed by atoms with van der Waals surface area (Å²) in [5.74, 6) is 0.192. The third-order valence-corrected chi connectivity index (χ3v) is 3.91. The third kappa shape index (κ3) is 3.78. The molecule has 0 N–H and O–H groups in total. The van der Waals surface area contributed by atoms with Gasteiger partial charge in [-0.25, -0.2) is 0 Å². The van der Waals surface area contributed by atoms with Gasteiger partial charge in [-0.1, -0.05) is 6.42 Å². The first kappa shape index (κ1) is 15.4. The second-order valence-electron chi connectivity index (χ2n) is 5.43. The van der Waals surface area contributed by atoms with Crippen molar-refractivity contribution in [2.75, 3.05) is 20.2 Å². The molecule has 0 bridgehead atoms. The summed E-state index contributed by atoms with van der Waals surface area (Å²) < 4.78 is 5.76. The van der Waals surface area contributed by atoms with Gasteiger partial charge in [-0.05, 0) is 39.4 Å². The number of ether oxygens (including phenoxy) is 1. The van der Waals surface area contributed by atoms with E-state index in [1.54, 1.807) is 0 Å². The number of carbonyl (C=O) groups is 1. The number of carbonyl (C=O) groups excluding carboxylic acids is 1. The lowest BCUT2D eigenvalue weighted by molar-refractivity contribution is -0.384. The Bertz CT molecular complexity index is 544. The van der Waals surface area contributed by atoms with E-state index in [1.165, 1.54) is 38.0 Å². The largest absolute Gasteiger partial charge is 0.491 e. The van der Waals surface area contributed by atoms with Crippen LogP contribution in [-0.4, -0.2) is 41.8 Å². The molecule has 0 amide bonds. The van der Waals surface area contributed by atoms with Gasteiger partial charge >= 0.3 is 0 Å². The molecule has 1 aromatic rings. The quantitative estimate of drug-likeness (QED) is 0.474. The minimum absolute atomic E-state index is 0.0951. The number of nitro groups is 1. The highest BCUT2D eigenvalue weighted by Gasteiger charge is 2.21. The van der Waals surface area contributed by atoms with Gasteiger partial charge in [-0.3, -0.25) is 14.9 Å². The lowest BCUT2D eigenvalue weighted by Crippen LogP contribution is -2.40. The molecular formula is C15H20N2O4. The molecule has 1 atom stereocenters. The Morgan fingerprint density at radius 1 is 1.48 bits per heavy atom. The number of nitro benzene ring substituents is 1. The molecular weight excluding hydrogens is 272 g/mol. The molecule has 0 aromatic heterocycles. The molecule has 6 nitrogen and oxygen atoms in total. The molecule has 2 rings (SSSR count). The average molecular weight is 292 g/mol. The van der Waals surface area contributed by atoms with E-state index in [2.05, 4.69) is 11.9 Å². The molecule has 0 radical (unpaired) electrons. The number of piperidine rings is 1. The summed E-state index contributed by atoms with van der Waals surface area (Å²) in [7, 11) is 2.06. The highest BCUT2D eigenvalue weighted by atomic mass is 16.6. The molecule has 0 saturated carbocycles. The zero-order valence-electron chi connectivity index (χ0n) is 12.4. The standard InChI is InChI=1S/C15H20N2O4/c1-11(18)14-9-12(17(19)20)6-7-15(14)21-10-13-5-3-4-8-16(13)2/h6-7,9,13H,3-5,8,10H2,1-2H3. The predicted molar refractivity (Wildman–Crippen MR) is 78.9 cm³/mol. The topological polar surface area (TPSA) is 72.7 Å². The van der Waals surface area contributed by atoms with Gasteiger partial charge < -0.3 is 9.64 Å². The molecule has 1 aliphatic heterocycles. The molecule has 1 aromatic carbocycles. The number of nitrogens with zero attached hydrogens (tertiary/aromatic N) is 2. The molecule has 114 valence electrons. The van der Waals surface area contributed by atoms with Crippen LogP contribution in [0.5, 0.6) is 5.75 Å². The molecule has 1 heterocycles. The van der Waals surface area contributed by atoms with Crippen LogP contribution in [0.1, 0.15) is 36.5 Å². The minimum atomic E-state index is -0.509. The first-order valence-corrected chi connectivity index (χ1v) is 7.11. The highest BCUT2D eigenvalue weighted by Crippen LogP contribution is 2.26. The van der Waals surface area contributed by atoms with Crippen molar-refractivity contribution in [3.63, 3.8) is 0 Å². The molecule has 0 aliphatic carbocycles. The summed E-state index contributed by atoms with van der Waals surface area (Å²) in [6.07, 6.45) is 3.44. The SMILES string of the molecule is CC(=O)c1cc([N+](=O)[O-])ccc1OCC1CCCCN1C. The number of Topliss-reactive ketones (excluding diaryl/α,β-unsaturated/α-hetero) is 1. The fourth-order valence-electron chi connectivity index (χ4n) is 2.57. The van der Waals surface area contributed by atoms with E-state index in [4.69, 9.17) is 4.74 Å². The lowest BCUT2D eigenvalue weighted by Gasteiger charge is -2.32. The zero-order valence-corrected chi connectivity index (χ0v) is 12.4. The number of likely N-dealkylation sites (tertiary alicyclic amines) is 1. The number of rotatable bonds is 5. The predicted octanol–water partition coefficient (Wildman–Crippen LogP) is 2.66. The van der Waals surface area contributed by atoms with Gasteiger partial charge in [0.05, 0.1) is 10.5 Å². The monoisotopic (exact) mass is 292 g/mol. The summed E-state index contributed by atoms with van der Waals surface area (Å²) in [4.78, 5) is 24.2. The van der Waals surface area contributed by atoms with Crippen LogP contribution in [0.25, 0.3) is 0 Å². The number of benzene rings is 1. The molecule has 1 aliphatic rings. The summed E-state index contributed by atoms with van der Waals surface area (Å²) >= 11 is 0. The Hall–Kier alpha value is -1.95. The van der Waals surface area contributed by atoms with E-state index in [0.29, 0.717) is 18.4 Å². The van der Waals surface area contributed by atoms with E-state index < -0.39 is 4.92 Å². The van der Waals surface area contributed by atoms with Gasteiger partial charge in [-0.2, -0.15) is 0 Å². The fraction of sp³-hybridized carbons (Fsp3) is 0.533. The van der Waals surface area contributed by atoms with Crippen molar-refractivity contribution in [2.24, 2.45) is 0 Å². The van der Waals surface area contributed by atoms with Crippen molar-refractivity contribution in [1.29, 1.82) is 0 Å². The van der Waals surface area contributed by atoms with E-state index in [1.807, 2.05) is 0 Å². The van der Waals surface area contributed by atoms with Crippen molar-refractivity contribution < 1.29 is 14.5 Å². The number of hydrogen-bond acceptors (Lipinski definition) is 5. The van der Waals surface area contributed by atoms with Gasteiger partial charge in [0.1, 0.15) is 12.4 Å². The molecule has 1 unspecified atom stereocenters. The zero-order chi connectivity index (χ0) is 15.4. The van der Waals surface area contributed by atoms with Gasteiger partial charge in [0.25, 0.3) is 5.69 Å². The van der Waals surface area contributed by atoms with Crippen LogP contribution < -0.4 is 4.74 Å². The summed E-state index contributed by atoms with van der Waals surface area (Å²) in [5, 5.41) is 10.8. The Morgan fingerprint density at radius 2 is 2.24 bits per heavy atom. The third-order valence-electron chi connectivity index (χ3n) is 3.91. The van der Waals surface area contributed by atoms with Crippen LogP contribution in [0.4, 0.5) is 5.69 Å². The number of ketones is 1. The fourth-order valence-corrected chi connectivity index (χ4v) is 2.57. The molecule has 0 spiro atoms. The van der Waals surface area contributed by atoms with Gasteiger partial charge in [-0.15, -0.1) is 0 Å². The van der Waals surface area contributed by atoms with E-state index in [-0.39, 0.29) is 17.0 Å². The summed E-state index contributed by atoms with van der Waals surface area (Å²) in [6.45, 7) is 2.93. The molecule has 6 heteroatoms. The van der Waals surface area contributed by atoms with E-state index >= 15 is 0 Å². The maximum Gasteiger partial charge on any atom is 0.270 e. The highest BCUT2D eigenvalue weighted by molar-refractivity contribution is 5.97. The normalized spacial score (nSPS) is 19.2. The van der Waals surface area contributed by atoms with Crippen LogP contribution in [0, 0.1) is 10.1 Å². The van der Waals surface area contributed by atoms with Crippen LogP contribution in [0.2, 0.25) is 0 Å². The van der Waals surface area contributed by atoms with Crippen molar-refractivity contribution in [2.45, 2.75) is 32.2 Å². The minimum Gasteiger partial charge on any atom is -0.491 e. The first-order chi connectivity index (χ1) is 9.99. The smallest absolute Gasteiger partial charge is 0.270 e. The summed E-state index contributed by atoms with van der Waals surface area (Å²) in [6, 6.07) is 4.49. The van der Waals surface area contributed by atoms with Crippen molar-refractivity contribution in [3.8, 4) is 5.75 Å². The molecule has 21 heavy (non-hydrogen) atoms. The first-order valence-electron chi connectivity index (χ1n) is 7.11. The summed E-state index contributed by atoms with van der Waals surface area (Å²) in [5.41, 5.74) is 0.171. The number of likely N-dealkylation sites (N-methyl/N-ethyl adjacent to an activating group) is 1. The maximum absolute atomic E-state index is 11.6. The molecule has 1 saturated heterocycles. The average Bonchev–Trinajstić information content (AvgIpc) is 2.46. The Balaban J connectivity index is 2.11. The Morgan fingerprint density at radius 3 is 2.86 bits per heavy atom. The van der Waals surface area contributed by atoms with Crippen molar-refractivity contribution in [3.05, 3.63) is 33.9 Å². The molecule has 1 fully saturated rings. The van der Waals surface area contributed by atoms with Crippen LogP contribution in [0.15, 0.2) is 18.2 Å². The van der Waals surface area contributed by atoms with Crippen LogP contribution in [-0.2, 0) is 0 Å². The van der Waals surface area contributed by atoms with E-state index in [9.17, 15) is 14.9 Å². The van der Waals surface area contributed by atoms with Gasteiger partial charge in [0.15, 0.2) is 5.78 Å². The van der Waals surface area contributed by atoms with Gasteiger partial charge in [0, 0.05) is 18.2 Å². The number of non-ortho nitro benzene ring substituents is 1. The Labute approximate surface area is 123 Å². The van der Waals surface area contributed by atoms with Crippen molar-refractivity contribution >= 4 is 11.5 Å². The Kier molecular flexibility index (Phi) is 4.90. The second-order valence-corrected chi connectivity index (χ2v) is 5.43. The van der Waals surface area contributed by atoms with Crippen LogP contribution >= 0.6 is 0 Å². The number of hydrogen-bond donors (Lipinski definition) is 0. The van der Waals surface area contributed by atoms with Crippen LogP contribution in [0.3, 0.4) is 0 Å².